The molecule has 0 fully saturated rings. The van der Waals surface area contributed by atoms with Crippen LogP contribution in [0.5, 0.6) is 0 Å². The molecule has 0 spiro atoms. The number of nitrogens with zero attached hydrogens (tertiary/aromatic N) is 1. The summed E-state index contributed by atoms with van der Waals surface area (Å²) in [6.45, 7) is 3.63. The SMILES string of the molecule is Cc1ccc(Br)cc1N(C)C(C)C(=O)O. The molecule has 0 saturated heterocycles. The average Bonchev–Trinajstić information content (AvgIpc) is 2.19. The Balaban J connectivity index is 3.04. The van der Waals surface area contributed by atoms with Crippen LogP contribution in [0.1, 0.15) is 12.5 Å². The van der Waals surface area contributed by atoms with Crippen LogP contribution in [-0.4, -0.2) is 24.2 Å². The van der Waals surface area contributed by atoms with Gasteiger partial charge in [0.25, 0.3) is 0 Å². The maximum absolute atomic E-state index is 10.9. The Bertz CT molecular complexity index is 379. The Hall–Kier alpha value is -1.03. The first kappa shape index (κ1) is 12.0. The van der Waals surface area contributed by atoms with Gasteiger partial charge in [-0.15, -0.1) is 0 Å². The van der Waals surface area contributed by atoms with Crippen LogP contribution in [0.25, 0.3) is 0 Å². The second kappa shape index (κ2) is 4.66. The number of hydrogen-bond acceptors (Lipinski definition) is 2. The average molecular weight is 272 g/mol. The van der Waals surface area contributed by atoms with E-state index < -0.39 is 12.0 Å². The van der Waals surface area contributed by atoms with Crippen molar-refractivity contribution in [3.63, 3.8) is 0 Å². The first-order chi connectivity index (χ1) is 6.93. The van der Waals surface area contributed by atoms with Crippen molar-refractivity contribution in [1.29, 1.82) is 0 Å². The number of carboxylic acids is 1. The molecule has 0 amide bonds. The van der Waals surface area contributed by atoms with Gasteiger partial charge in [-0.05, 0) is 31.5 Å². The molecule has 0 radical (unpaired) electrons. The molecule has 1 N–H and O–H groups in total. The molecule has 0 heterocycles. The lowest BCUT2D eigenvalue weighted by molar-refractivity contribution is -0.138. The van der Waals surface area contributed by atoms with E-state index >= 15 is 0 Å². The van der Waals surface area contributed by atoms with Crippen molar-refractivity contribution >= 4 is 27.6 Å². The minimum absolute atomic E-state index is 0.530. The van der Waals surface area contributed by atoms with E-state index in [4.69, 9.17) is 5.11 Å². The minimum atomic E-state index is -0.822. The van der Waals surface area contributed by atoms with Gasteiger partial charge >= 0.3 is 5.97 Å². The van der Waals surface area contributed by atoms with Gasteiger partial charge in [0.2, 0.25) is 0 Å². The predicted octanol–water partition coefficient (Wildman–Crippen LogP) is 2.67. The largest absolute Gasteiger partial charge is 0.480 e. The second-order valence-corrected chi connectivity index (χ2v) is 4.47. The van der Waals surface area contributed by atoms with Crippen LogP contribution in [0.2, 0.25) is 0 Å². The topological polar surface area (TPSA) is 40.5 Å². The van der Waals surface area contributed by atoms with Crippen LogP contribution in [0.3, 0.4) is 0 Å². The van der Waals surface area contributed by atoms with E-state index in [1.807, 2.05) is 25.1 Å². The predicted molar refractivity (Wildman–Crippen MR) is 64.4 cm³/mol. The van der Waals surface area contributed by atoms with E-state index in [-0.39, 0.29) is 0 Å². The van der Waals surface area contributed by atoms with Crippen LogP contribution in [0.15, 0.2) is 22.7 Å². The smallest absolute Gasteiger partial charge is 0.326 e. The lowest BCUT2D eigenvalue weighted by Gasteiger charge is -2.25. The van der Waals surface area contributed by atoms with Crippen molar-refractivity contribution < 1.29 is 9.90 Å². The van der Waals surface area contributed by atoms with Crippen LogP contribution < -0.4 is 4.90 Å². The first-order valence-electron chi connectivity index (χ1n) is 4.65. The van der Waals surface area contributed by atoms with Crippen molar-refractivity contribution in [2.24, 2.45) is 0 Å². The summed E-state index contributed by atoms with van der Waals surface area (Å²) in [7, 11) is 1.79. The molecule has 1 rings (SSSR count). The lowest BCUT2D eigenvalue weighted by atomic mass is 10.1. The van der Waals surface area contributed by atoms with Gasteiger partial charge < -0.3 is 10.0 Å². The zero-order valence-corrected chi connectivity index (χ0v) is 10.6. The standard InChI is InChI=1S/C11H14BrNO2/c1-7-4-5-9(12)6-10(7)13(3)8(2)11(14)15/h4-6,8H,1-3H3,(H,14,15). The molecular weight excluding hydrogens is 258 g/mol. The molecule has 1 unspecified atom stereocenters. The van der Waals surface area contributed by atoms with E-state index in [0.29, 0.717) is 0 Å². The summed E-state index contributed by atoms with van der Waals surface area (Å²) in [6.07, 6.45) is 0. The molecule has 4 heteroatoms. The van der Waals surface area contributed by atoms with Gasteiger partial charge in [-0.1, -0.05) is 22.0 Å². The maximum Gasteiger partial charge on any atom is 0.326 e. The van der Waals surface area contributed by atoms with Gasteiger partial charge in [0.05, 0.1) is 0 Å². The van der Waals surface area contributed by atoms with Crippen LogP contribution >= 0.6 is 15.9 Å². The lowest BCUT2D eigenvalue weighted by Crippen LogP contribution is -2.36. The molecule has 1 aromatic carbocycles. The summed E-state index contributed by atoms with van der Waals surface area (Å²) in [4.78, 5) is 12.6. The Labute approximate surface area is 97.8 Å². The third-order valence-electron chi connectivity index (χ3n) is 2.49. The summed E-state index contributed by atoms with van der Waals surface area (Å²) in [5, 5.41) is 8.92. The monoisotopic (exact) mass is 271 g/mol. The quantitative estimate of drug-likeness (QED) is 0.919. The fourth-order valence-corrected chi connectivity index (χ4v) is 1.69. The molecule has 0 aliphatic carbocycles. The highest BCUT2D eigenvalue weighted by molar-refractivity contribution is 9.10. The Morgan fingerprint density at radius 3 is 2.67 bits per heavy atom. The van der Waals surface area contributed by atoms with Crippen molar-refractivity contribution in [3.05, 3.63) is 28.2 Å². The molecule has 3 nitrogen and oxygen atoms in total. The summed E-state index contributed by atoms with van der Waals surface area (Å²) in [5.41, 5.74) is 1.99. The molecular formula is C11H14BrNO2. The molecule has 1 aromatic rings. The van der Waals surface area contributed by atoms with E-state index in [9.17, 15) is 4.79 Å². The van der Waals surface area contributed by atoms with Crippen LogP contribution in [0, 0.1) is 6.92 Å². The number of rotatable bonds is 3. The fourth-order valence-electron chi connectivity index (χ4n) is 1.34. The fraction of sp³-hybridized carbons (Fsp3) is 0.364. The number of likely N-dealkylation sites (N-methyl/N-ethyl adjacent to an activating group) is 1. The molecule has 82 valence electrons. The third kappa shape index (κ3) is 2.72. The number of halogens is 1. The normalized spacial score (nSPS) is 12.3. The van der Waals surface area contributed by atoms with E-state index in [2.05, 4.69) is 15.9 Å². The number of carbonyl (C=O) groups is 1. The maximum atomic E-state index is 10.9. The van der Waals surface area contributed by atoms with Gasteiger partial charge in [0, 0.05) is 17.2 Å². The number of anilines is 1. The second-order valence-electron chi connectivity index (χ2n) is 3.56. The first-order valence-corrected chi connectivity index (χ1v) is 5.44. The highest BCUT2D eigenvalue weighted by Gasteiger charge is 2.18. The summed E-state index contributed by atoms with van der Waals surface area (Å²) in [5.74, 6) is -0.822. The highest BCUT2D eigenvalue weighted by Crippen LogP contribution is 2.24. The molecule has 0 aromatic heterocycles. The van der Waals surface area contributed by atoms with Gasteiger partial charge in [-0.3, -0.25) is 0 Å². The van der Waals surface area contributed by atoms with E-state index in [1.165, 1.54) is 0 Å². The van der Waals surface area contributed by atoms with Crippen molar-refractivity contribution in [2.75, 3.05) is 11.9 Å². The van der Waals surface area contributed by atoms with Gasteiger partial charge in [-0.2, -0.15) is 0 Å². The zero-order chi connectivity index (χ0) is 11.6. The number of carboxylic acid groups (broad SMARTS) is 1. The summed E-state index contributed by atoms with van der Waals surface area (Å²) >= 11 is 3.38. The van der Waals surface area contributed by atoms with Crippen LogP contribution in [-0.2, 0) is 4.79 Å². The van der Waals surface area contributed by atoms with E-state index in [0.717, 1.165) is 15.7 Å². The molecule has 0 aliphatic heterocycles. The molecule has 0 saturated carbocycles. The van der Waals surface area contributed by atoms with Gasteiger partial charge in [0.1, 0.15) is 6.04 Å². The van der Waals surface area contributed by atoms with Crippen LogP contribution in [0.4, 0.5) is 5.69 Å². The highest BCUT2D eigenvalue weighted by atomic mass is 79.9. The van der Waals surface area contributed by atoms with Crippen molar-refractivity contribution in [2.45, 2.75) is 19.9 Å². The summed E-state index contributed by atoms with van der Waals surface area (Å²) in [6, 6.07) is 5.30. The molecule has 1 atom stereocenters. The summed E-state index contributed by atoms with van der Waals surface area (Å²) < 4.78 is 0.951. The van der Waals surface area contributed by atoms with E-state index in [1.54, 1.807) is 18.9 Å². The zero-order valence-electron chi connectivity index (χ0n) is 8.99. The molecule has 0 aliphatic rings. The molecule has 0 bridgehead atoms. The number of aliphatic carboxylic acids is 1. The third-order valence-corrected chi connectivity index (χ3v) is 2.98. The van der Waals surface area contributed by atoms with Crippen molar-refractivity contribution in [1.82, 2.24) is 0 Å². The van der Waals surface area contributed by atoms with Crippen molar-refractivity contribution in [3.8, 4) is 0 Å². The number of aryl methyl sites for hydroxylation is 1. The Kier molecular flexibility index (Phi) is 3.74. The molecule has 15 heavy (non-hydrogen) atoms. The Morgan fingerprint density at radius 2 is 2.13 bits per heavy atom. The minimum Gasteiger partial charge on any atom is -0.480 e. The number of benzene rings is 1. The number of hydrogen-bond donors (Lipinski definition) is 1. The van der Waals surface area contributed by atoms with Gasteiger partial charge in [-0.25, -0.2) is 4.79 Å². The van der Waals surface area contributed by atoms with Gasteiger partial charge in [0.15, 0.2) is 0 Å². The Morgan fingerprint density at radius 1 is 1.53 bits per heavy atom.